The fourth-order valence-corrected chi connectivity index (χ4v) is 2.50. The van der Waals surface area contributed by atoms with E-state index in [-0.39, 0.29) is 6.03 Å². The number of hydrogen-bond acceptors (Lipinski definition) is 2. The second-order valence-corrected chi connectivity index (χ2v) is 5.63. The standard InChI is InChI=1S/C13H13ClN2OS/c1-8-7-12(18-9(8)2)16-13(17)15-11-5-3-10(14)4-6-11/h3-7H,1-2H3,(H2,15,16,17). The highest BCUT2D eigenvalue weighted by molar-refractivity contribution is 7.16. The predicted octanol–water partition coefficient (Wildman–Crippen LogP) is 4.66. The Labute approximate surface area is 115 Å². The number of anilines is 2. The van der Waals surface area contributed by atoms with E-state index in [0.717, 1.165) is 5.00 Å². The minimum Gasteiger partial charge on any atom is -0.308 e. The van der Waals surface area contributed by atoms with E-state index in [4.69, 9.17) is 11.6 Å². The number of halogens is 1. The van der Waals surface area contributed by atoms with Gasteiger partial charge >= 0.3 is 6.03 Å². The summed E-state index contributed by atoms with van der Waals surface area (Å²) in [4.78, 5) is 12.9. The molecule has 0 aliphatic carbocycles. The van der Waals surface area contributed by atoms with Gasteiger partial charge in [0.15, 0.2) is 0 Å². The second-order valence-electron chi connectivity index (χ2n) is 3.94. The summed E-state index contributed by atoms with van der Waals surface area (Å²) >= 11 is 7.33. The number of urea groups is 1. The number of aryl methyl sites for hydroxylation is 2. The number of nitrogens with one attached hydrogen (secondary N) is 2. The lowest BCUT2D eigenvalue weighted by atomic mass is 10.3. The van der Waals surface area contributed by atoms with E-state index in [0.29, 0.717) is 10.7 Å². The monoisotopic (exact) mass is 280 g/mol. The molecule has 2 N–H and O–H groups in total. The van der Waals surface area contributed by atoms with Crippen LogP contribution in [0.3, 0.4) is 0 Å². The summed E-state index contributed by atoms with van der Waals surface area (Å²) in [7, 11) is 0. The highest BCUT2D eigenvalue weighted by Gasteiger charge is 2.06. The first-order chi connectivity index (χ1) is 8.54. The summed E-state index contributed by atoms with van der Waals surface area (Å²) < 4.78 is 0. The summed E-state index contributed by atoms with van der Waals surface area (Å²) in [6, 6.07) is 8.69. The lowest BCUT2D eigenvalue weighted by Gasteiger charge is -2.05. The fourth-order valence-electron chi connectivity index (χ4n) is 1.44. The maximum absolute atomic E-state index is 11.7. The van der Waals surface area contributed by atoms with Gasteiger partial charge in [0.25, 0.3) is 0 Å². The van der Waals surface area contributed by atoms with Crippen molar-refractivity contribution in [1.82, 2.24) is 0 Å². The molecule has 0 fully saturated rings. The molecule has 2 rings (SSSR count). The second kappa shape index (κ2) is 5.42. The topological polar surface area (TPSA) is 41.1 Å². The zero-order valence-electron chi connectivity index (χ0n) is 10.1. The van der Waals surface area contributed by atoms with E-state index in [1.165, 1.54) is 10.4 Å². The van der Waals surface area contributed by atoms with Gasteiger partial charge in [-0.05, 0) is 49.7 Å². The first-order valence-electron chi connectivity index (χ1n) is 5.45. The Bertz CT molecular complexity index is 543. The van der Waals surface area contributed by atoms with E-state index in [1.54, 1.807) is 35.6 Å². The van der Waals surface area contributed by atoms with Crippen LogP contribution in [0.2, 0.25) is 5.02 Å². The first-order valence-corrected chi connectivity index (χ1v) is 6.64. The molecule has 1 aromatic carbocycles. The molecule has 5 heteroatoms. The number of carbonyl (C=O) groups is 1. The molecular weight excluding hydrogens is 268 g/mol. The number of amides is 2. The minimum absolute atomic E-state index is 0.251. The minimum atomic E-state index is -0.251. The Hall–Kier alpha value is -1.52. The smallest absolute Gasteiger partial charge is 0.308 e. The molecule has 1 aromatic heterocycles. The van der Waals surface area contributed by atoms with Crippen molar-refractivity contribution in [3.05, 3.63) is 45.8 Å². The lowest BCUT2D eigenvalue weighted by Crippen LogP contribution is -2.18. The van der Waals surface area contributed by atoms with Crippen LogP contribution in [0.15, 0.2) is 30.3 Å². The van der Waals surface area contributed by atoms with Crippen LogP contribution < -0.4 is 10.6 Å². The summed E-state index contributed by atoms with van der Waals surface area (Å²) in [5.74, 6) is 0. The van der Waals surface area contributed by atoms with Gasteiger partial charge < -0.3 is 5.32 Å². The average molecular weight is 281 g/mol. The van der Waals surface area contributed by atoms with Gasteiger partial charge in [-0.2, -0.15) is 0 Å². The molecule has 0 radical (unpaired) electrons. The quantitative estimate of drug-likeness (QED) is 0.825. The van der Waals surface area contributed by atoms with Crippen LogP contribution in [0.25, 0.3) is 0 Å². The van der Waals surface area contributed by atoms with Crippen LogP contribution in [0, 0.1) is 13.8 Å². The molecule has 0 spiro atoms. The van der Waals surface area contributed by atoms with Crippen LogP contribution in [-0.2, 0) is 0 Å². The highest BCUT2D eigenvalue weighted by atomic mass is 35.5. The van der Waals surface area contributed by atoms with Crippen LogP contribution in [0.1, 0.15) is 10.4 Å². The van der Waals surface area contributed by atoms with Crippen molar-refractivity contribution >= 4 is 39.7 Å². The van der Waals surface area contributed by atoms with Crippen LogP contribution in [0.4, 0.5) is 15.5 Å². The molecule has 0 saturated carbocycles. The Balaban J connectivity index is 1.98. The maximum atomic E-state index is 11.7. The Morgan fingerprint density at radius 2 is 1.83 bits per heavy atom. The van der Waals surface area contributed by atoms with Crippen LogP contribution >= 0.6 is 22.9 Å². The van der Waals surface area contributed by atoms with E-state index in [2.05, 4.69) is 10.6 Å². The number of hydrogen-bond donors (Lipinski definition) is 2. The van der Waals surface area contributed by atoms with E-state index in [1.807, 2.05) is 19.9 Å². The number of benzene rings is 1. The Morgan fingerprint density at radius 1 is 1.17 bits per heavy atom. The molecule has 0 bridgehead atoms. The fraction of sp³-hybridized carbons (Fsp3) is 0.154. The SMILES string of the molecule is Cc1cc(NC(=O)Nc2ccc(Cl)cc2)sc1C. The number of thiophene rings is 1. The normalized spacial score (nSPS) is 10.2. The summed E-state index contributed by atoms with van der Waals surface area (Å²) in [6.45, 7) is 4.05. The Kier molecular flexibility index (Phi) is 3.89. The van der Waals surface area contributed by atoms with Gasteiger partial charge in [0.1, 0.15) is 0 Å². The molecule has 0 atom stereocenters. The van der Waals surface area contributed by atoms with Gasteiger partial charge in [-0.1, -0.05) is 11.6 Å². The molecule has 0 aliphatic rings. The van der Waals surface area contributed by atoms with Gasteiger partial charge in [0.05, 0.1) is 5.00 Å². The summed E-state index contributed by atoms with van der Waals surface area (Å²) in [6.07, 6.45) is 0. The predicted molar refractivity (Wildman–Crippen MR) is 77.9 cm³/mol. The van der Waals surface area contributed by atoms with Gasteiger partial charge in [-0.25, -0.2) is 4.79 Å². The molecule has 18 heavy (non-hydrogen) atoms. The zero-order valence-corrected chi connectivity index (χ0v) is 11.7. The van der Waals surface area contributed by atoms with Crippen molar-refractivity contribution in [2.24, 2.45) is 0 Å². The molecule has 0 unspecified atom stereocenters. The third kappa shape index (κ3) is 3.24. The average Bonchev–Trinajstić information content (AvgIpc) is 2.61. The number of carbonyl (C=O) groups excluding carboxylic acids is 1. The van der Waals surface area contributed by atoms with E-state index >= 15 is 0 Å². The van der Waals surface area contributed by atoms with Crippen molar-refractivity contribution in [2.45, 2.75) is 13.8 Å². The van der Waals surface area contributed by atoms with Crippen molar-refractivity contribution < 1.29 is 4.79 Å². The molecule has 3 nitrogen and oxygen atoms in total. The van der Waals surface area contributed by atoms with Crippen molar-refractivity contribution in [3.63, 3.8) is 0 Å². The van der Waals surface area contributed by atoms with Gasteiger partial charge in [0, 0.05) is 15.6 Å². The molecule has 0 saturated heterocycles. The lowest BCUT2D eigenvalue weighted by molar-refractivity contribution is 0.262. The van der Waals surface area contributed by atoms with Gasteiger partial charge in [-0.3, -0.25) is 5.32 Å². The molecule has 2 aromatic rings. The van der Waals surface area contributed by atoms with E-state index < -0.39 is 0 Å². The van der Waals surface area contributed by atoms with Gasteiger partial charge in [0.2, 0.25) is 0 Å². The Morgan fingerprint density at radius 3 is 2.39 bits per heavy atom. The summed E-state index contributed by atoms with van der Waals surface area (Å²) in [5, 5.41) is 7.03. The molecule has 1 heterocycles. The molecular formula is C13H13ClN2OS. The zero-order chi connectivity index (χ0) is 13.1. The highest BCUT2D eigenvalue weighted by Crippen LogP contribution is 2.25. The van der Waals surface area contributed by atoms with Crippen molar-refractivity contribution in [2.75, 3.05) is 10.6 Å². The van der Waals surface area contributed by atoms with Crippen molar-refractivity contribution in [1.29, 1.82) is 0 Å². The first kappa shape index (κ1) is 12.9. The largest absolute Gasteiger partial charge is 0.324 e. The third-order valence-corrected chi connectivity index (χ3v) is 3.82. The van der Waals surface area contributed by atoms with Crippen molar-refractivity contribution in [3.8, 4) is 0 Å². The van der Waals surface area contributed by atoms with Crippen LogP contribution in [0.5, 0.6) is 0 Å². The molecule has 94 valence electrons. The third-order valence-electron chi connectivity index (χ3n) is 2.50. The maximum Gasteiger partial charge on any atom is 0.324 e. The number of rotatable bonds is 2. The van der Waals surface area contributed by atoms with Gasteiger partial charge in [-0.15, -0.1) is 11.3 Å². The van der Waals surface area contributed by atoms with Crippen LogP contribution in [-0.4, -0.2) is 6.03 Å². The molecule has 0 aliphatic heterocycles. The van der Waals surface area contributed by atoms with E-state index in [9.17, 15) is 4.79 Å². The summed E-state index contributed by atoms with van der Waals surface area (Å²) in [5.41, 5.74) is 1.89. The molecule has 2 amide bonds.